The van der Waals surface area contributed by atoms with E-state index in [9.17, 15) is 9.90 Å². The molecule has 1 N–H and O–H groups in total. The van der Waals surface area contributed by atoms with Gasteiger partial charge in [0.1, 0.15) is 18.3 Å². The second-order valence-corrected chi connectivity index (χ2v) is 6.36. The van der Waals surface area contributed by atoms with Crippen LogP contribution in [-0.4, -0.2) is 48.4 Å². The molecule has 4 rings (SSSR count). The Kier molecular flexibility index (Phi) is 4.99. The Morgan fingerprint density at radius 2 is 1.73 bits per heavy atom. The predicted molar refractivity (Wildman–Crippen MR) is 91.3 cm³/mol. The van der Waals surface area contributed by atoms with Gasteiger partial charge in [-0.15, -0.1) is 0 Å². The molecule has 0 saturated carbocycles. The minimum Gasteiger partial charge on any atom is -0.450 e. The number of benzene rings is 2. The summed E-state index contributed by atoms with van der Waals surface area (Å²) < 4.78 is 22.7. The van der Waals surface area contributed by atoms with Crippen LogP contribution in [0.1, 0.15) is 15.9 Å². The molecule has 136 valence electrons. The Bertz CT molecular complexity index is 734. The Morgan fingerprint density at radius 1 is 1.04 bits per heavy atom. The van der Waals surface area contributed by atoms with Crippen molar-refractivity contribution in [2.45, 2.75) is 37.3 Å². The van der Waals surface area contributed by atoms with Gasteiger partial charge in [0.15, 0.2) is 12.4 Å². The largest absolute Gasteiger partial charge is 0.450 e. The summed E-state index contributed by atoms with van der Waals surface area (Å²) in [5, 5.41) is 10.6. The van der Waals surface area contributed by atoms with Crippen molar-refractivity contribution in [3.63, 3.8) is 0 Å². The molecule has 0 aromatic heterocycles. The SMILES string of the molecule is O=C(O[C@H]1[C@H]2OC[C@H](O2)[C@H](O)[C@@H]1OCc1ccccc1)c1ccccc1. The number of rotatable bonds is 5. The monoisotopic (exact) mass is 356 g/mol. The van der Waals surface area contributed by atoms with E-state index in [-0.39, 0.29) is 6.61 Å². The van der Waals surface area contributed by atoms with Crippen LogP contribution < -0.4 is 0 Å². The summed E-state index contributed by atoms with van der Waals surface area (Å²) in [6.45, 7) is 0.539. The molecule has 2 saturated heterocycles. The predicted octanol–water partition coefficient (Wildman–Crippen LogP) is 1.91. The molecule has 5 atom stereocenters. The molecule has 2 aromatic carbocycles. The van der Waals surface area contributed by atoms with E-state index in [4.69, 9.17) is 18.9 Å². The van der Waals surface area contributed by atoms with E-state index in [1.54, 1.807) is 24.3 Å². The lowest BCUT2D eigenvalue weighted by molar-refractivity contribution is -0.242. The second-order valence-electron chi connectivity index (χ2n) is 6.36. The molecule has 26 heavy (non-hydrogen) atoms. The maximum atomic E-state index is 12.4. The van der Waals surface area contributed by atoms with E-state index in [1.807, 2.05) is 36.4 Å². The van der Waals surface area contributed by atoms with Crippen LogP contribution in [0.2, 0.25) is 0 Å². The number of esters is 1. The fourth-order valence-corrected chi connectivity index (χ4v) is 3.20. The highest BCUT2D eigenvalue weighted by Crippen LogP contribution is 2.32. The second kappa shape index (κ2) is 7.55. The van der Waals surface area contributed by atoms with Crippen LogP contribution in [-0.2, 0) is 25.6 Å². The van der Waals surface area contributed by atoms with Gasteiger partial charge in [0.25, 0.3) is 0 Å². The van der Waals surface area contributed by atoms with Crippen molar-refractivity contribution >= 4 is 5.97 Å². The van der Waals surface area contributed by atoms with Gasteiger partial charge in [0, 0.05) is 0 Å². The summed E-state index contributed by atoms with van der Waals surface area (Å²) in [7, 11) is 0. The molecule has 2 aliphatic heterocycles. The first-order chi connectivity index (χ1) is 12.7. The molecule has 2 bridgehead atoms. The van der Waals surface area contributed by atoms with Crippen LogP contribution in [0.3, 0.4) is 0 Å². The third-order valence-corrected chi connectivity index (χ3v) is 4.58. The van der Waals surface area contributed by atoms with Gasteiger partial charge >= 0.3 is 5.97 Å². The van der Waals surface area contributed by atoms with Gasteiger partial charge in [-0.2, -0.15) is 0 Å². The lowest BCUT2D eigenvalue weighted by Gasteiger charge is -2.37. The van der Waals surface area contributed by atoms with Crippen molar-refractivity contribution in [2.24, 2.45) is 0 Å². The van der Waals surface area contributed by atoms with E-state index in [2.05, 4.69) is 0 Å². The smallest absolute Gasteiger partial charge is 0.338 e. The van der Waals surface area contributed by atoms with E-state index < -0.39 is 36.7 Å². The van der Waals surface area contributed by atoms with E-state index in [1.165, 1.54) is 0 Å². The van der Waals surface area contributed by atoms with Gasteiger partial charge in [-0.25, -0.2) is 4.79 Å². The van der Waals surface area contributed by atoms with Crippen molar-refractivity contribution in [1.82, 2.24) is 0 Å². The fourth-order valence-electron chi connectivity index (χ4n) is 3.20. The minimum atomic E-state index is -0.939. The highest BCUT2D eigenvalue weighted by Gasteiger charge is 2.52. The molecule has 6 heteroatoms. The molecule has 0 radical (unpaired) electrons. The third kappa shape index (κ3) is 3.50. The first kappa shape index (κ1) is 17.2. The van der Waals surface area contributed by atoms with Crippen molar-refractivity contribution in [2.75, 3.05) is 6.61 Å². The van der Waals surface area contributed by atoms with Gasteiger partial charge in [-0.3, -0.25) is 0 Å². The van der Waals surface area contributed by atoms with Crippen LogP contribution in [0.4, 0.5) is 0 Å². The van der Waals surface area contributed by atoms with Gasteiger partial charge in [-0.1, -0.05) is 48.5 Å². The standard InChI is InChI=1S/C20H20O6/c21-16-15-12-24-20(25-15)18(26-19(22)14-9-5-2-6-10-14)17(16)23-11-13-7-3-1-4-8-13/h1-10,15-18,20-21H,11-12H2/t15-,16-,17-,18+,20-/m0/s1. The Balaban J connectivity index is 1.50. The zero-order chi connectivity index (χ0) is 17.9. The summed E-state index contributed by atoms with van der Waals surface area (Å²) in [6.07, 6.45) is -3.73. The first-order valence-electron chi connectivity index (χ1n) is 8.59. The summed E-state index contributed by atoms with van der Waals surface area (Å²) in [6, 6.07) is 18.3. The number of hydrogen-bond acceptors (Lipinski definition) is 6. The average Bonchev–Trinajstić information content (AvgIpc) is 3.14. The van der Waals surface area contributed by atoms with E-state index >= 15 is 0 Å². The highest BCUT2D eigenvalue weighted by atomic mass is 16.8. The Labute approximate surface area is 151 Å². The molecule has 2 aromatic rings. The molecule has 6 nitrogen and oxygen atoms in total. The van der Waals surface area contributed by atoms with Crippen molar-refractivity contribution in [3.8, 4) is 0 Å². The summed E-state index contributed by atoms with van der Waals surface area (Å²) >= 11 is 0. The van der Waals surface area contributed by atoms with E-state index in [0.29, 0.717) is 12.2 Å². The average molecular weight is 356 g/mol. The van der Waals surface area contributed by atoms with Gasteiger partial charge in [0.05, 0.1) is 18.8 Å². The zero-order valence-electron chi connectivity index (χ0n) is 14.1. The number of aliphatic hydroxyl groups is 1. The minimum absolute atomic E-state index is 0.246. The molecule has 0 aliphatic carbocycles. The maximum Gasteiger partial charge on any atom is 0.338 e. The van der Waals surface area contributed by atoms with E-state index in [0.717, 1.165) is 5.56 Å². The Morgan fingerprint density at radius 3 is 2.46 bits per heavy atom. The topological polar surface area (TPSA) is 74.2 Å². The molecular weight excluding hydrogens is 336 g/mol. The van der Waals surface area contributed by atoms with Crippen LogP contribution in [0, 0.1) is 0 Å². The number of aliphatic hydroxyl groups excluding tert-OH is 1. The highest BCUT2D eigenvalue weighted by molar-refractivity contribution is 5.89. The summed E-state index contributed by atoms with van der Waals surface area (Å²) in [5.41, 5.74) is 1.39. The summed E-state index contributed by atoms with van der Waals surface area (Å²) in [4.78, 5) is 12.4. The Hall–Kier alpha value is -2.25. The molecule has 0 spiro atoms. The maximum absolute atomic E-state index is 12.4. The normalized spacial score (nSPS) is 30.1. The number of carbonyl (C=O) groups excluding carboxylic acids is 1. The lowest BCUT2D eigenvalue weighted by atomic mass is 10.0. The third-order valence-electron chi connectivity index (χ3n) is 4.58. The first-order valence-corrected chi connectivity index (χ1v) is 8.59. The van der Waals surface area contributed by atoms with Crippen LogP contribution in [0.15, 0.2) is 60.7 Å². The number of carbonyl (C=O) groups is 1. The molecule has 2 heterocycles. The lowest BCUT2D eigenvalue weighted by Crippen LogP contribution is -2.56. The van der Waals surface area contributed by atoms with Crippen molar-refractivity contribution in [1.29, 1.82) is 0 Å². The van der Waals surface area contributed by atoms with Crippen molar-refractivity contribution < 1.29 is 28.8 Å². The fraction of sp³-hybridized carbons (Fsp3) is 0.350. The van der Waals surface area contributed by atoms with Crippen LogP contribution in [0.5, 0.6) is 0 Å². The van der Waals surface area contributed by atoms with Gasteiger partial charge in [-0.05, 0) is 17.7 Å². The zero-order valence-corrected chi connectivity index (χ0v) is 14.1. The van der Waals surface area contributed by atoms with Crippen LogP contribution in [0.25, 0.3) is 0 Å². The number of hydrogen-bond donors (Lipinski definition) is 1. The number of fused-ring (bicyclic) bond motifs is 2. The van der Waals surface area contributed by atoms with Gasteiger partial charge < -0.3 is 24.1 Å². The molecule has 2 fully saturated rings. The van der Waals surface area contributed by atoms with Crippen LogP contribution >= 0.6 is 0 Å². The summed E-state index contributed by atoms with van der Waals surface area (Å²) in [5.74, 6) is -0.506. The number of ether oxygens (including phenoxy) is 4. The molecule has 0 unspecified atom stereocenters. The van der Waals surface area contributed by atoms with Crippen molar-refractivity contribution in [3.05, 3.63) is 71.8 Å². The van der Waals surface area contributed by atoms with Gasteiger partial charge in [0.2, 0.25) is 0 Å². The molecular formula is C20H20O6. The quantitative estimate of drug-likeness (QED) is 0.825. The molecule has 0 amide bonds. The molecule has 2 aliphatic rings.